The minimum Gasteiger partial charge on any atom is -0.267 e. The largest absolute Gasteiger partial charge is 0.267 e. The van der Waals surface area contributed by atoms with Crippen molar-refractivity contribution in [3.8, 4) is 0 Å². The molecule has 14 heavy (non-hydrogen) atoms. The number of hydrogen-bond acceptors (Lipinski definition) is 1. The molecule has 1 atom stereocenters. The molecule has 0 rings (SSSR count). The van der Waals surface area contributed by atoms with Gasteiger partial charge in [-0.05, 0) is 41.5 Å². The van der Waals surface area contributed by atoms with Gasteiger partial charge in [-0.25, -0.2) is 0 Å². The highest BCUT2D eigenvalue weighted by Crippen LogP contribution is 2.55. The molecule has 0 bridgehead atoms. The van der Waals surface area contributed by atoms with E-state index >= 15 is 0 Å². The van der Waals surface area contributed by atoms with Crippen LogP contribution in [0.5, 0.6) is 0 Å². The molecule has 5 heteroatoms. The molecule has 0 aliphatic carbocycles. The van der Waals surface area contributed by atoms with E-state index in [0.29, 0.717) is 5.62 Å². The predicted molar refractivity (Wildman–Crippen MR) is 68.6 cm³/mol. The maximum absolute atomic E-state index is 6.39. The standard InChI is InChI=1S/C9H21Cl2N2P/c1-8(2,3)12-14(11,7-10)13-9(4,5)6/h12H,7H2,1-6H3. The van der Waals surface area contributed by atoms with E-state index < -0.39 is 6.56 Å². The Hall–Kier alpha value is 0.770. The summed E-state index contributed by atoms with van der Waals surface area (Å²) in [7, 11) is 0. The van der Waals surface area contributed by atoms with Crippen molar-refractivity contribution in [2.75, 3.05) is 5.62 Å². The SMILES string of the molecule is CC(C)(C)N=P(Cl)(CCl)NC(C)(C)C. The number of hydrogen-bond donors (Lipinski definition) is 1. The Bertz CT molecular complexity index is 238. The Balaban J connectivity index is 4.91. The van der Waals surface area contributed by atoms with Gasteiger partial charge in [-0.3, -0.25) is 9.83 Å². The van der Waals surface area contributed by atoms with E-state index in [-0.39, 0.29) is 11.1 Å². The van der Waals surface area contributed by atoms with Crippen molar-refractivity contribution in [1.29, 1.82) is 0 Å². The first-order valence-corrected chi connectivity index (χ1v) is 8.02. The lowest BCUT2D eigenvalue weighted by Crippen LogP contribution is -2.32. The van der Waals surface area contributed by atoms with Crippen molar-refractivity contribution >= 4 is 29.4 Å². The zero-order valence-electron chi connectivity index (χ0n) is 9.86. The molecule has 0 fully saturated rings. The molecule has 0 aromatic heterocycles. The van der Waals surface area contributed by atoms with Gasteiger partial charge in [-0.1, -0.05) is 11.2 Å². The van der Waals surface area contributed by atoms with Gasteiger partial charge in [0.1, 0.15) is 6.56 Å². The first-order valence-electron chi connectivity index (χ1n) is 4.65. The van der Waals surface area contributed by atoms with Gasteiger partial charge >= 0.3 is 0 Å². The van der Waals surface area contributed by atoms with Crippen molar-refractivity contribution in [1.82, 2.24) is 5.09 Å². The molecule has 0 saturated heterocycles. The highest BCUT2D eigenvalue weighted by atomic mass is 35.7. The molecule has 0 aromatic rings. The zero-order chi connectivity index (χ0) is 11.6. The third-order valence-corrected chi connectivity index (χ3v) is 5.61. The molecule has 86 valence electrons. The Morgan fingerprint density at radius 1 is 1.14 bits per heavy atom. The molecule has 1 N–H and O–H groups in total. The van der Waals surface area contributed by atoms with Gasteiger partial charge in [-0.15, -0.1) is 11.6 Å². The van der Waals surface area contributed by atoms with Crippen molar-refractivity contribution in [3.05, 3.63) is 0 Å². The van der Waals surface area contributed by atoms with Crippen LogP contribution in [-0.2, 0) is 0 Å². The van der Waals surface area contributed by atoms with Crippen molar-refractivity contribution in [3.63, 3.8) is 0 Å². The molecule has 0 radical (unpaired) electrons. The number of alkyl halides is 1. The summed E-state index contributed by atoms with van der Waals surface area (Å²) in [5, 5.41) is 3.32. The van der Waals surface area contributed by atoms with Crippen molar-refractivity contribution < 1.29 is 0 Å². The summed E-state index contributed by atoms with van der Waals surface area (Å²) in [5.41, 5.74) is 0.158. The fourth-order valence-electron chi connectivity index (χ4n) is 1.07. The number of nitrogens with one attached hydrogen (secondary N) is 1. The van der Waals surface area contributed by atoms with E-state index in [1.54, 1.807) is 0 Å². The molecule has 0 aliphatic heterocycles. The van der Waals surface area contributed by atoms with Crippen LogP contribution in [0.15, 0.2) is 4.74 Å². The van der Waals surface area contributed by atoms with E-state index in [9.17, 15) is 0 Å². The Morgan fingerprint density at radius 2 is 1.57 bits per heavy atom. The number of nitrogens with zero attached hydrogens (tertiary/aromatic N) is 1. The minimum absolute atomic E-state index is 0.0564. The molecular weight excluding hydrogens is 238 g/mol. The number of halogens is 2. The van der Waals surface area contributed by atoms with Crippen LogP contribution in [0, 0.1) is 0 Å². The smallest absolute Gasteiger partial charge is 0.130 e. The van der Waals surface area contributed by atoms with E-state index in [0.717, 1.165) is 0 Å². The molecule has 0 heterocycles. The third kappa shape index (κ3) is 7.11. The Kier molecular flexibility index (Phi) is 5.00. The van der Waals surface area contributed by atoms with Crippen LogP contribution in [0.3, 0.4) is 0 Å². The highest BCUT2D eigenvalue weighted by Gasteiger charge is 2.24. The second-order valence-electron chi connectivity index (χ2n) is 5.43. The molecule has 2 nitrogen and oxygen atoms in total. The van der Waals surface area contributed by atoms with Crippen LogP contribution in [0.4, 0.5) is 0 Å². The van der Waals surface area contributed by atoms with Gasteiger partial charge in [0.25, 0.3) is 0 Å². The van der Waals surface area contributed by atoms with E-state index in [2.05, 4.69) is 30.6 Å². The summed E-state index contributed by atoms with van der Waals surface area (Å²) >= 11 is 12.3. The molecule has 0 amide bonds. The predicted octanol–water partition coefficient (Wildman–Crippen LogP) is 4.64. The topological polar surface area (TPSA) is 24.4 Å². The van der Waals surface area contributed by atoms with Gasteiger partial charge in [0.15, 0.2) is 0 Å². The summed E-state index contributed by atoms with van der Waals surface area (Å²) < 4.78 is 4.58. The average Bonchev–Trinajstić information content (AvgIpc) is 1.78. The van der Waals surface area contributed by atoms with Crippen LogP contribution in [0.1, 0.15) is 41.5 Å². The Morgan fingerprint density at radius 3 is 1.79 bits per heavy atom. The maximum Gasteiger partial charge on any atom is 0.130 e. The lowest BCUT2D eigenvalue weighted by molar-refractivity contribution is 0.523. The van der Waals surface area contributed by atoms with Crippen LogP contribution in [-0.4, -0.2) is 16.7 Å². The number of rotatable bonds is 2. The molecule has 0 aliphatic rings. The second-order valence-corrected chi connectivity index (χ2v) is 9.85. The highest BCUT2D eigenvalue weighted by molar-refractivity contribution is 7.90. The maximum atomic E-state index is 6.39. The first-order chi connectivity index (χ1) is 5.97. The van der Waals surface area contributed by atoms with Crippen LogP contribution < -0.4 is 5.09 Å². The summed E-state index contributed by atoms with van der Waals surface area (Å²) in [4.78, 5) is 0. The fraction of sp³-hybridized carbons (Fsp3) is 1.00. The van der Waals surface area contributed by atoms with Gasteiger partial charge in [0.05, 0.1) is 11.2 Å². The van der Waals surface area contributed by atoms with E-state index in [4.69, 9.17) is 22.8 Å². The van der Waals surface area contributed by atoms with E-state index in [1.165, 1.54) is 0 Å². The lowest BCUT2D eigenvalue weighted by atomic mass is 10.1. The Labute approximate surface area is 97.7 Å². The summed E-state index contributed by atoms with van der Waals surface area (Å²) in [6.45, 7) is 10.2. The molecule has 0 spiro atoms. The quantitative estimate of drug-likeness (QED) is 0.567. The molecule has 0 saturated carbocycles. The van der Waals surface area contributed by atoms with Crippen molar-refractivity contribution in [2.24, 2.45) is 4.74 Å². The van der Waals surface area contributed by atoms with Gasteiger partial charge < -0.3 is 0 Å². The second kappa shape index (κ2) is 4.74. The van der Waals surface area contributed by atoms with Crippen LogP contribution in [0.25, 0.3) is 0 Å². The summed E-state index contributed by atoms with van der Waals surface area (Å²) in [6, 6.07) is 0. The van der Waals surface area contributed by atoms with Crippen LogP contribution >= 0.6 is 29.4 Å². The minimum atomic E-state index is -2.08. The van der Waals surface area contributed by atoms with Crippen molar-refractivity contribution in [2.45, 2.75) is 52.6 Å². The zero-order valence-corrected chi connectivity index (χ0v) is 12.3. The molecule has 1 unspecified atom stereocenters. The lowest BCUT2D eigenvalue weighted by Gasteiger charge is -2.30. The van der Waals surface area contributed by atoms with Crippen LogP contribution in [0.2, 0.25) is 0 Å². The average molecular weight is 259 g/mol. The summed E-state index contributed by atoms with van der Waals surface area (Å²) in [6.07, 6.45) is 0. The first kappa shape index (κ1) is 14.8. The van der Waals surface area contributed by atoms with E-state index in [1.807, 2.05) is 20.8 Å². The third-order valence-electron chi connectivity index (χ3n) is 1.12. The van der Waals surface area contributed by atoms with Gasteiger partial charge in [0.2, 0.25) is 0 Å². The van der Waals surface area contributed by atoms with Gasteiger partial charge in [-0.2, -0.15) is 0 Å². The fourth-order valence-corrected chi connectivity index (χ4v) is 4.99. The van der Waals surface area contributed by atoms with Gasteiger partial charge in [0, 0.05) is 5.54 Å². The molecule has 0 aromatic carbocycles. The molecular formula is C9H21Cl2N2P. The monoisotopic (exact) mass is 258 g/mol. The summed E-state index contributed by atoms with van der Waals surface area (Å²) in [5.74, 6) is 0. The normalized spacial score (nSPS) is 17.7.